The van der Waals surface area contributed by atoms with Gasteiger partial charge in [-0.1, -0.05) is 36.5 Å². The van der Waals surface area contributed by atoms with Gasteiger partial charge >= 0.3 is 0 Å². The number of hydrogen-bond donors (Lipinski definition) is 1. The van der Waals surface area contributed by atoms with E-state index in [-0.39, 0.29) is 17.9 Å². The number of benzene rings is 1. The summed E-state index contributed by atoms with van der Waals surface area (Å²) in [4.78, 5) is 3.29. The summed E-state index contributed by atoms with van der Waals surface area (Å²) in [5.74, 6) is 0. The summed E-state index contributed by atoms with van der Waals surface area (Å²) in [5.41, 5.74) is 8.86. The summed E-state index contributed by atoms with van der Waals surface area (Å²) in [6, 6.07) is 9.18. The van der Waals surface area contributed by atoms with Gasteiger partial charge in [-0.3, -0.25) is 0 Å². The van der Waals surface area contributed by atoms with Gasteiger partial charge in [-0.15, -0.1) is 12.4 Å². The van der Waals surface area contributed by atoms with Crippen LogP contribution in [0.15, 0.2) is 24.3 Å². The van der Waals surface area contributed by atoms with Crippen LogP contribution in [0.25, 0.3) is 0 Å². The van der Waals surface area contributed by atoms with Gasteiger partial charge in [-0.05, 0) is 37.3 Å². The van der Waals surface area contributed by atoms with E-state index in [2.05, 4.69) is 36.1 Å². The van der Waals surface area contributed by atoms with Crippen molar-refractivity contribution < 1.29 is 0 Å². The molecule has 1 aliphatic carbocycles. The van der Waals surface area contributed by atoms with Gasteiger partial charge in [0, 0.05) is 6.54 Å². The summed E-state index contributed by atoms with van der Waals surface area (Å²) in [7, 11) is 0. The molecule has 0 radical (unpaired) electrons. The maximum absolute atomic E-state index is 6.22. The number of likely N-dealkylation sites (tertiary alicyclic amines) is 1. The zero-order valence-electron chi connectivity index (χ0n) is 10.6. The second-order valence-electron chi connectivity index (χ2n) is 5.42. The molecule has 2 aliphatic rings. The number of thiocarbonyl (C=S) groups is 1. The van der Waals surface area contributed by atoms with Crippen LogP contribution in [-0.2, 0) is 6.42 Å². The fourth-order valence-corrected chi connectivity index (χ4v) is 3.37. The predicted octanol–water partition coefficient (Wildman–Crippen LogP) is 2.85. The zero-order valence-corrected chi connectivity index (χ0v) is 12.2. The minimum absolute atomic E-state index is 0. The lowest BCUT2D eigenvalue weighted by Crippen LogP contribution is -2.44. The number of aryl methyl sites for hydroxylation is 1. The Hall–Kier alpha value is -0.640. The van der Waals surface area contributed by atoms with E-state index in [0.717, 1.165) is 18.0 Å². The summed E-state index contributed by atoms with van der Waals surface area (Å²) < 4.78 is 0. The van der Waals surface area contributed by atoms with Crippen LogP contribution >= 0.6 is 24.6 Å². The predicted molar refractivity (Wildman–Crippen MR) is 81.3 cm³/mol. The molecule has 0 aromatic heterocycles. The van der Waals surface area contributed by atoms with E-state index in [1.54, 1.807) is 0 Å². The summed E-state index contributed by atoms with van der Waals surface area (Å²) in [6.45, 7) is 3.06. The van der Waals surface area contributed by atoms with Crippen molar-refractivity contribution in [1.82, 2.24) is 4.90 Å². The molecule has 1 unspecified atom stereocenters. The molecule has 4 heteroatoms. The molecular weight excluding hydrogens is 264 g/mol. The van der Waals surface area contributed by atoms with Crippen molar-refractivity contribution >= 4 is 29.6 Å². The molecule has 1 saturated heterocycles. The lowest BCUT2D eigenvalue weighted by molar-refractivity contribution is 0.344. The van der Waals surface area contributed by atoms with Crippen LogP contribution in [0.3, 0.4) is 0 Å². The van der Waals surface area contributed by atoms with Crippen molar-refractivity contribution in [3.8, 4) is 0 Å². The van der Waals surface area contributed by atoms with Crippen LogP contribution in [0.1, 0.15) is 36.9 Å². The van der Waals surface area contributed by atoms with Gasteiger partial charge in [0.25, 0.3) is 0 Å². The smallest absolute Gasteiger partial charge is 0.0984 e. The Balaban J connectivity index is 0.00000120. The highest BCUT2D eigenvalue weighted by Crippen LogP contribution is 2.39. The van der Waals surface area contributed by atoms with Gasteiger partial charge < -0.3 is 10.6 Å². The van der Waals surface area contributed by atoms with Crippen LogP contribution in [-0.4, -0.2) is 22.0 Å². The van der Waals surface area contributed by atoms with Gasteiger partial charge in [0.15, 0.2) is 0 Å². The monoisotopic (exact) mass is 282 g/mol. The third kappa shape index (κ3) is 2.04. The van der Waals surface area contributed by atoms with E-state index in [0.29, 0.717) is 6.04 Å². The first-order valence-electron chi connectivity index (χ1n) is 6.27. The van der Waals surface area contributed by atoms with Gasteiger partial charge in [0.2, 0.25) is 0 Å². The van der Waals surface area contributed by atoms with E-state index < -0.39 is 0 Å². The Morgan fingerprint density at radius 1 is 1.39 bits per heavy atom. The molecule has 1 fully saturated rings. The Kier molecular flexibility index (Phi) is 3.67. The van der Waals surface area contributed by atoms with Crippen LogP contribution in [0.5, 0.6) is 0 Å². The number of halogens is 1. The molecule has 0 amide bonds. The third-order valence-corrected chi connectivity index (χ3v) is 4.80. The average Bonchev–Trinajstić information content (AvgIpc) is 2.83. The highest BCUT2D eigenvalue weighted by Gasteiger charge is 2.40. The summed E-state index contributed by atoms with van der Waals surface area (Å²) in [6.07, 6.45) is 3.32. The fraction of sp³-hybridized carbons (Fsp3) is 0.500. The Morgan fingerprint density at radius 3 is 2.78 bits per heavy atom. The molecule has 1 aromatic carbocycles. The van der Waals surface area contributed by atoms with Crippen molar-refractivity contribution in [1.29, 1.82) is 0 Å². The molecule has 18 heavy (non-hydrogen) atoms. The Morgan fingerprint density at radius 2 is 2.11 bits per heavy atom. The van der Waals surface area contributed by atoms with Crippen LogP contribution < -0.4 is 5.73 Å². The van der Waals surface area contributed by atoms with E-state index >= 15 is 0 Å². The van der Waals surface area contributed by atoms with Gasteiger partial charge in [-0.25, -0.2) is 0 Å². The van der Waals surface area contributed by atoms with E-state index in [4.69, 9.17) is 18.0 Å². The molecule has 3 rings (SSSR count). The van der Waals surface area contributed by atoms with Gasteiger partial charge in [0.1, 0.15) is 0 Å². The minimum atomic E-state index is -0.285. The Labute approximate surface area is 120 Å². The lowest BCUT2D eigenvalue weighted by Gasteiger charge is -2.29. The van der Waals surface area contributed by atoms with Crippen molar-refractivity contribution in [3.63, 3.8) is 0 Å². The number of rotatable bonds is 1. The number of fused-ring (bicyclic) bond motifs is 1. The number of nitrogens with zero attached hydrogens (tertiary/aromatic N) is 1. The first-order chi connectivity index (χ1) is 8.09. The lowest BCUT2D eigenvalue weighted by atomic mass is 10.0. The average molecular weight is 283 g/mol. The topological polar surface area (TPSA) is 29.3 Å². The van der Waals surface area contributed by atoms with E-state index in [9.17, 15) is 0 Å². The maximum atomic E-state index is 6.22. The number of hydrogen-bond acceptors (Lipinski definition) is 2. The standard InChI is InChI=1S/C14H18N2S.ClH/c1-14(15)8-9-16(13(14)17)12-7-6-10-4-2-3-5-11(10)12;/h2-5,12H,6-9,15H2,1H3;1H/t12?,14-;/m1./s1. The first-order valence-corrected chi connectivity index (χ1v) is 6.68. The quantitative estimate of drug-likeness (QED) is 0.803. The maximum Gasteiger partial charge on any atom is 0.0984 e. The molecule has 2 N–H and O–H groups in total. The molecular formula is C14H19ClN2S. The summed E-state index contributed by atoms with van der Waals surface area (Å²) in [5, 5.41) is 0. The SMILES string of the molecule is C[C@@]1(N)CCN(C2CCc3ccccc32)C1=S.Cl. The first kappa shape index (κ1) is 13.8. The highest BCUT2D eigenvalue weighted by atomic mass is 35.5. The van der Waals surface area contributed by atoms with Crippen molar-refractivity contribution in [3.05, 3.63) is 35.4 Å². The normalized spacial score (nSPS) is 30.2. The molecule has 0 bridgehead atoms. The molecule has 2 atom stereocenters. The third-order valence-electron chi connectivity index (χ3n) is 4.10. The highest BCUT2D eigenvalue weighted by molar-refractivity contribution is 7.80. The van der Waals surface area contributed by atoms with Gasteiger partial charge in [-0.2, -0.15) is 0 Å². The summed E-state index contributed by atoms with van der Waals surface area (Å²) >= 11 is 5.54. The van der Waals surface area contributed by atoms with Gasteiger partial charge in [0.05, 0.1) is 16.6 Å². The number of nitrogens with two attached hydrogens (primary N) is 1. The van der Waals surface area contributed by atoms with Crippen molar-refractivity contribution in [2.24, 2.45) is 5.73 Å². The second-order valence-corrected chi connectivity index (χ2v) is 5.81. The molecule has 1 heterocycles. The van der Waals surface area contributed by atoms with Crippen molar-refractivity contribution in [2.45, 2.75) is 37.8 Å². The largest absolute Gasteiger partial charge is 0.357 e. The second kappa shape index (κ2) is 4.80. The Bertz CT molecular complexity index is 473. The molecule has 2 nitrogen and oxygen atoms in total. The molecule has 0 saturated carbocycles. The fourth-order valence-electron chi connectivity index (χ4n) is 3.05. The van der Waals surface area contributed by atoms with Crippen LogP contribution in [0, 0.1) is 0 Å². The van der Waals surface area contributed by atoms with Crippen LogP contribution in [0.2, 0.25) is 0 Å². The molecule has 98 valence electrons. The van der Waals surface area contributed by atoms with E-state index in [1.165, 1.54) is 24.0 Å². The van der Waals surface area contributed by atoms with E-state index in [1.807, 2.05) is 0 Å². The molecule has 1 aromatic rings. The zero-order chi connectivity index (χ0) is 12.0. The molecule has 0 spiro atoms. The van der Waals surface area contributed by atoms with Crippen LogP contribution in [0.4, 0.5) is 0 Å². The minimum Gasteiger partial charge on any atom is -0.357 e. The van der Waals surface area contributed by atoms with Crippen molar-refractivity contribution in [2.75, 3.05) is 6.54 Å². The molecule has 1 aliphatic heterocycles.